The third kappa shape index (κ3) is 2.59. The topological polar surface area (TPSA) is 56.1 Å². The van der Waals surface area contributed by atoms with Gasteiger partial charge >= 0.3 is 0 Å². The van der Waals surface area contributed by atoms with Gasteiger partial charge in [0.2, 0.25) is 5.91 Å². The minimum Gasteiger partial charge on any atom is -0.325 e. The zero-order valence-electron chi connectivity index (χ0n) is 11.2. The molecule has 5 heteroatoms. The Morgan fingerprint density at radius 1 is 1.32 bits per heavy atom. The molecule has 2 aliphatic heterocycles. The van der Waals surface area contributed by atoms with Gasteiger partial charge in [-0.15, -0.1) is 12.4 Å². The normalized spacial score (nSPS) is 32.3. The van der Waals surface area contributed by atoms with Crippen LogP contribution in [0.3, 0.4) is 0 Å². The van der Waals surface area contributed by atoms with Gasteiger partial charge in [0.1, 0.15) is 6.04 Å². The van der Waals surface area contributed by atoms with Gasteiger partial charge < -0.3 is 10.2 Å². The summed E-state index contributed by atoms with van der Waals surface area (Å²) in [7, 11) is 0. The lowest BCUT2D eigenvalue weighted by molar-refractivity contribution is -0.133. The van der Waals surface area contributed by atoms with E-state index in [1.807, 2.05) is 0 Å². The number of nitrogens with zero attached hydrogens (tertiary/aromatic N) is 2. The fourth-order valence-corrected chi connectivity index (χ4v) is 3.96. The smallest absolute Gasteiger partial charge is 0.240 e. The van der Waals surface area contributed by atoms with Crippen molar-refractivity contribution in [2.24, 2.45) is 5.41 Å². The van der Waals surface area contributed by atoms with Crippen LogP contribution in [0.1, 0.15) is 44.9 Å². The van der Waals surface area contributed by atoms with Gasteiger partial charge in [-0.3, -0.25) is 4.79 Å². The Morgan fingerprint density at radius 3 is 2.74 bits per heavy atom. The van der Waals surface area contributed by atoms with Crippen molar-refractivity contribution in [3.05, 3.63) is 0 Å². The molecule has 0 aromatic carbocycles. The molecule has 3 rings (SSSR count). The highest BCUT2D eigenvalue weighted by atomic mass is 35.5. The first-order chi connectivity index (χ1) is 8.74. The molecule has 0 aromatic rings. The summed E-state index contributed by atoms with van der Waals surface area (Å²) >= 11 is 0. The average Bonchev–Trinajstić information content (AvgIpc) is 3.11. The van der Waals surface area contributed by atoms with Crippen molar-refractivity contribution in [2.75, 3.05) is 13.1 Å². The van der Waals surface area contributed by atoms with E-state index < -0.39 is 0 Å². The molecule has 0 aromatic heterocycles. The molecule has 1 N–H and O–H groups in total. The van der Waals surface area contributed by atoms with Crippen LogP contribution in [0.4, 0.5) is 0 Å². The monoisotopic (exact) mass is 283 g/mol. The number of hydrogen-bond donors (Lipinski definition) is 1. The maximum atomic E-state index is 12.5. The van der Waals surface area contributed by atoms with Crippen LogP contribution in [-0.4, -0.2) is 36.0 Å². The molecule has 1 amide bonds. The molecular weight excluding hydrogens is 262 g/mol. The molecule has 0 bridgehead atoms. The van der Waals surface area contributed by atoms with E-state index in [2.05, 4.69) is 11.4 Å². The molecule has 1 saturated carbocycles. The fourth-order valence-electron chi connectivity index (χ4n) is 3.96. The van der Waals surface area contributed by atoms with Crippen molar-refractivity contribution < 1.29 is 4.79 Å². The van der Waals surface area contributed by atoms with Crippen LogP contribution in [0.15, 0.2) is 0 Å². The maximum Gasteiger partial charge on any atom is 0.240 e. The Balaban J connectivity index is 0.00000133. The number of halogens is 1. The highest BCUT2D eigenvalue weighted by Gasteiger charge is 2.45. The number of rotatable bonds is 1. The van der Waals surface area contributed by atoms with Gasteiger partial charge in [0.25, 0.3) is 0 Å². The Labute approximate surface area is 120 Å². The molecule has 3 fully saturated rings. The summed E-state index contributed by atoms with van der Waals surface area (Å²) in [6.45, 7) is 1.76. The summed E-state index contributed by atoms with van der Waals surface area (Å²) in [5.41, 5.74) is 0.391. The van der Waals surface area contributed by atoms with Crippen LogP contribution in [0.25, 0.3) is 0 Å². The molecule has 4 nitrogen and oxygen atoms in total. The van der Waals surface area contributed by atoms with Gasteiger partial charge in [0.15, 0.2) is 0 Å². The van der Waals surface area contributed by atoms with Crippen LogP contribution in [0, 0.1) is 16.7 Å². The Bertz CT molecular complexity index is 387. The molecule has 1 unspecified atom stereocenters. The molecule has 19 heavy (non-hydrogen) atoms. The van der Waals surface area contributed by atoms with E-state index in [1.54, 1.807) is 4.90 Å². The predicted molar refractivity (Wildman–Crippen MR) is 74.9 cm³/mol. The third-order valence-corrected chi connectivity index (χ3v) is 5.01. The molecule has 2 atom stereocenters. The fraction of sp³-hybridized carbons (Fsp3) is 0.857. The summed E-state index contributed by atoms with van der Waals surface area (Å²) in [5, 5.41) is 12.5. The van der Waals surface area contributed by atoms with Crippen LogP contribution in [0.2, 0.25) is 0 Å². The average molecular weight is 284 g/mol. The van der Waals surface area contributed by atoms with Gasteiger partial charge in [-0.05, 0) is 37.5 Å². The van der Waals surface area contributed by atoms with Crippen LogP contribution in [-0.2, 0) is 4.79 Å². The second-order valence-electron chi connectivity index (χ2n) is 6.16. The van der Waals surface area contributed by atoms with Crippen LogP contribution in [0.5, 0.6) is 0 Å². The molecule has 1 aliphatic carbocycles. The van der Waals surface area contributed by atoms with Crippen LogP contribution < -0.4 is 5.32 Å². The number of nitrogens with one attached hydrogen (secondary N) is 1. The van der Waals surface area contributed by atoms with E-state index in [0.29, 0.717) is 5.41 Å². The first-order valence-corrected chi connectivity index (χ1v) is 7.18. The second kappa shape index (κ2) is 5.68. The lowest BCUT2D eigenvalue weighted by atomic mass is 9.83. The highest BCUT2D eigenvalue weighted by Crippen LogP contribution is 2.44. The largest absolute Gasteiger partial charge is 0.325 e. The molecule has 2 saturated heterocycles. The summed E-state index contributed by atoms with van der Waals surface area (Å²) in [6.07, 6.45) is 7.97. The second-order valence-corrected chi connectivity index (χ2v) is 6.16. The lowest BCUT2D eigenvalue weighted by Crippen LogP contribution is -2.45. The van der Waals surface area contributed by atoms with Crippen molar-refractivity contribution >= 4 is 18.3 Å². The van der Waals surface area contributed by atoms with Crippen molar-refractivity contribution in [3.8, 4) is 6.07 Å². The maximum absolute atomic E-state index is 12.5. The highest BCUT2D eigenvalue weighted by molar-refractivity contribution is 5.85. The Kier molecular flexibility index (Phi) is 4.37. The molecule has 106 valence electrons. The molecule has 3 aliphatic rings. The quantitative estimate of drug-likeness (QED) is 0.799. The van der Waals surface area contributed by atoms with E-state index in [4.69, 9.17) is 5.26 Å². The molecule has 0 radical (unpaired) electrons. The molecule has 2 heterocycles. The van der Waals surface area contributed by atoms with E-state index in [-0.39, 0.29) is 30.4 Å². The van der Waals surface area contributed by atoms with Crippen molar-refractivity contribution in [1.82, 2.24) is 10.2 Å². The minimum absolute atomic E-state index is 0. The summed E-state index contributed by atoms with van der Waals surface area (Å²) < 4.78 is 0. The standard InChI is InChI=1S/C14H21N3O.ClH/c15-9-11-4-3-7-17(11)13(18)12-8-14(10-16-12)5-1-2-6-14;/h11-12,16H,1-8,10H2;1H/t11-,12?;/m0./s1. The third-order valence-electron chi connectivity index (χ3n) is 5.01. The number of amides is 1. The number of hydrogen-bond acceptors (Lipinski definition) is 3. The van der Waals surface area contributed by atoms with Gasteiger partial charge in [-0.1, -0.05) is 12.8 Å². The predicted octanol–water partition coefficient (Wildman–Crippen LogP) is 1.85. The van der Waals surface area contributed by atoms with E-state index >= 15 is 0 Å². The summed E-state index contributed by atoms with van der Waals surface area (Å²) in [6, 6.07) is 2.05. The zero-order chi connectivity index (χ0) is 12.6. The Hall–Kier alpha value is -0.790. The Morgan fingerprint density at radius 2 is 2.05 bits per heavy atom. The number of nitriles is 1. The summed E-state index contributed by atoms with van der Waals surface area (Å²) in [5.74, 6) is 0.169. The van der Waals surface area contributed by atoms with Crippen LogP contribution >= 0.6 is 12.4 Å². The van der Waals surface area contributed by atoms with E-state index in [1.165, 1.54) is 25.7 Å². The number of likely N-dealkylation sites (tertiary alicyclic amines) is 1. The molecule has 1 spiro atoms. The first kappa shape index (κ1) is 14.6. The van der Waals surface area contributed by atoms with E-state index in [0.717, 1.165) is 32.4 Å². The minimum atomic E-state index is -0.181. The van der Waals surface area contributed by atoms with Crippen molar-refractivity contribution in [1.29, 1.82) is 5.26 Å². The van der Waals surface area contributed by atoms with Gasteiger partial charge in [0, 0.05) is 13.1 Å². The SMILES string of the molecule is Cl.N#C[C@@H]1CCCN1C(=O)C1CC2(CCCC2)CN1. The number of carbonyl (C=O) groups is 1. The number of carbonyl (C=O) groups excluding carboxylic acids is 1. The summed E-state index contributed by atoms with van der Waals surface area (Å²) in [4.78, 5) is 14.3. The lowest BCUT2D eigenvalue weighted by Gasteiger charge is -2.24. The molecular formula is C14H22ClN3O. The van der Waals surface area contributed by atoms with Gasteiger partial charge in [-0.25, -0.2) is 0 Å². The van der Waals surface area contributed by atoms with Crippen molar-refractivity contribution in [2.45, 2.75) is 57.0 Å². The van der Waals surface area contributed by atoms with Crippen molar-refractivity contribution in [3.63, 3.8) is 0 Å². The van der Waals surface area contributed by atoms with E-state index in [9.17, 15) is 4.79 Å². The first-order valence-electron chi connectivity index (χ1n) is 7.18. The zero-order valence-corrected chi connectivity index (χ0v) is 12.0. The van der Waals surface area contributed by atoms with Gasteiger partial charge in [0.05, 0.1) is 12.1 Å². The van der Waals surface area contributed by atoms with Gasteiger partial charge in [-0.2, -0.15) is 5.26 Å².